The number of unbranched alkanes of at least 4 members (excludes halogenated alkanes) is 6. The standard InChI is InChI=1S/C25H34BO2/c1-3-5-7-11-17-25(18-12-8-6-4-2)23-14-10-9-13-21(23)22-16-15-20(28-26-27)19-24(22)25/h9-10,13-16,19,27H,3-8,11-12,17-18H2,1-2H3. The molecule has 0 amide bonds. The first-order valence-corrected chi connectivity index (χ1v) is 11.1. The summed E-state index contributed by atoms with van der Waals surface area (Å²) >= 11 is 0. The highest BCUT2D eigenvalue weighted by molar-refractivity contribution is 6.17. The van der Waals surface area contributed by atoms with Gasteiger partial charge in [-0.1, -0.05) is 95.5 Å². The fraction of sp³-hybridized carbons (Fsp3) is 0.520. The lowest BCUT2D eigenvalue weighted by Gasteiger charge is -2.33. The van der Waals surface area contributed by atoms with E-state index in [1.54, 1.807) is 0 Å². The van der Waals surface area contributed by atoms with E-state index in [-0.39, 0.29) is 5.41 Å². The van der Waals surface area contributed by atoms with E-state index in [1.165, 1.54) is 86.5 Å². The summed E-state index contributed by atoms with van der Waals surface area (Å²) in [6.07, 6.45) is 12.6. The van der Waals surface area contributed by atoms with Gasteiger partial charge in [0.2, 0.25) is 0 Å². The molecule has 3 heteroatoms. The van der Waals surface area contributed by atoms with Crippen LogP contribution in [0.4, 0.5) is 0 Å². The predicted octanol–water partition coefficient (Wildman–Crippen LogP) is 6.80. The summed E-state index contributed by atoms with van der Waals surface area (Å²) in [4.78, 5) is 0. The summed E-state index contributed by atoms with van der Waals surface area (Å²) in [6, 6.07) is 15.3. The molecule has 0 heterocycles. The molecule has 3 rings (SSSR count). The van der Waals surface area contributed by atoms with E-state index in [0.717, 1.165) is 13.4 Å². The summed E-state index contributed by atoms with van der Waals surface area (Å²) in [7, 11) is 0.786. The zero-order valence-electron chi connectivity index (χ0n) is 17.5. The minimum atomic E-state index is 0.0717. The molecule has 0 fully saturated rings. The van der Waals surface area contributed by atoms with Gasteiger partial charge in [-0.15, -0.1) is 0 Å². The molecule has 149 valence electrons. The third kappa shape index (κ3) is 4.30. The normalized spacial score (nSPS) is 13.8. The van der Waals surface area contributed by atoms with Gasteiger partial charge in [-0.25, -0.2) is 0 Å². The first kappa shape index (κ1) is 21.0. The van der Waals surface area contributed by atoms with Gasteiger partial charge in [0.15, 0.2) is 0 Å². The molecule has 0 saturated heterocycles. The molecule has 2 nitrogen and oxygen atoms in total. The highest BCUT2D eigenvalue weighted by atomic mass is 16.5. The minimum Gasteiger partial charge on any atom is -0.537 e. The molecular formula is C25H34BO2. The summed E-state index contributed by atoms with van der Waals surface area (Å²) in [5.41, 5.74) is 5.67. The molecule has 0 bridgehead atoms. The monoisotopic (exact) mass is 377 g/mol. The van der Waals surface area contributed by atoms with Gasteiger partial charge < -0.3 is 9.68 Å². The van der Waals surface area contributed by atoms with Crippen molar-refractivity contribution in [2.45, 2.75) is 83.5 Å². The van der Waals surface area contributed by atoms with Gasteiger partial charge in [0.05, 0.1) is 0 Å². The fourth-order valence-corrected chi connectivity index (χ4v) is 4.94. The van der Waals surface area contributed by atoms with Crippen LogP contribution in [0.1, 0.15) is 89.2 Å². The Morgan fingerprint density at radius 2 is 1.43 bits per heavy atom. The quantitative estimate of drug-likeness (QED) is 0.326. The Kier molecular flexibility index (Phi) is 7.61. The summed E-state index contributed by atoms with van der Waals surface area (Å²) in [6.45, 7) is 4.55. The number of benzene rings is 2. The van der Waals surface area contributed by atoms with Crippen molar-refractivity contribution in [1.29, 1.82) is 0 Å². The molecule has 28 heavy (non-hydrogen) atoms. The Balaban J connectivity index is 2.00. The molecule has 1 aliphatic rings. The van der Waals surface area contributed by atoms with Crippen molar-refractivity contribution in [2.24, 2.45) is 0 Å². The molecule has 2 aromatic carbocycles. The zero-order chi connectivity index (χ0) is 19.8. The lowest BCUT2D eigenvalue weighted by Crippen LogP contribution is -2.25. The Labute approximate surface area is 171 Å². The molecule has 0 aliphatic heterocycles. The Morgan fingerprint density at radius 1 is 0.786 bits per heavy atom. The van der Waals surface area contributed by atoms with E-state index in [0.29, 0.717) is 0 Å². The van der Waals surface area contributed by atoms with E-state index in [1.807, 2.05) is 6.07 Å². The van der Waals surface area contributed by atoms with Gasteiger partial charge in [0.1, 0.15) is 5.75 Å². The molecule has 0 spiro atoms. The van der Waals surface area contributed by atoms with Crippen LogP contribution in [0.3, 0.4) is 0 Å². The smallest absolute Gasteiger partial charge is 0.537 e. The predicted molar refractivity (Wildman–Crippen MR) is 119 cm³/mol. The van der Waals surface area contributed by atoms with Crippen molar-refractivity contribution in [3.63, 3.8) is 0 Å². The van der Waals surface area contributed by atoms with Gasteiger partial charge in [0.25, 0.3) is 0 Å². The van der Waals surface area contributed by atoms with E-state index in [9.17, 15) is 0 Å². The average Bonchev–Trinajstić information content (AvgIpc) is 2.99. The second kappa shape index (κ2) is 10.2. The van der Waals surface area contributed by atoms with E-state index < -0.39 is 0 Å². The van der Waals surface area contributed by atoms with Crippen LogP contribution in [0, 0.1) is 0 Å². The molecule has 1 aliphatic carbocycles. The van der Waals surface area contributed by atoms with Gasteiger partial charge in [-0.05, 0) is 47.2 Å². The number of hydrogen-bond acceptors (Lipinski definition) is 2. The molecule has 0 unspecified atom stereocenters. The fourth-order valence-electron chi connectivity index (χ4n) is 4.94. The van der Waals surface area contributed by atoms with Gasteiger partial charge in [-0.3, -0.25) is 0 Å². The zero-order valence-corrected chi connectivity index (χ0v) is 17.5. The molecule has 0 atom stereocenters. The summed E-state index contributed by atoms with van der Waals surface area (Å²) in [5.74, 6) is 0.723. The van der Waals surface area contributed by atoms with Crippen LogP contribution in [-0.4, -0.2) is 12.7 Å². The van der Waals surface area contributed by atoms with E-state index >= 15 is 0 Å². The van der Waals surface area contributed by atoms with Crippen molar-refractivity contribution < 1.29 is 9.68 Å². The van der Waals surface area contributed by atoms with Crippen LogP contribution in [0.2, 0.25) is 0 Å². The topological polar surface area (TPSA) is 29.5 Å². The van der Waals surface area contributed by atoms with Crippen molar-refractivity contribution >= 4 is 7.69 Å². The highest BCUT2D eigenvalue weighted by Crippen LogP contribution is 2.54. The van der Waals surface area contributed by atoms with Crippen molar-refractivity contribution in [3.05, 3.63) is 53.6 Å². The average molecular weight is 377 g/mol. The maximum Gasteiger partial charge on any atom is 0.569 e. The SMILES string of the molecule is CCCCCCC1(CCCCCC)c2ccccc2-c2ccc(O[B]O)cc21. The highest BCUT2D eigenvalue weighted by Gasteiger charge is 2.42. The van der Waals surface area contributed by atoms with Crippen LogP contribution in [-0.2, 0) is 5.41 Å². The van der Waals surface area contributed by atoms with Crippen LogP contribution < -0.4 is 4.65 Å². The second-order valence-electron chi connectivity index (χ2n) is 8.18. The van der Waals surface area contributed by atoms with Gasteiger partial charge in [0, 0.05) is 5.41 Å². The van der Waals surface area contributed by atoms with Gasteiger partial charge in [-0.2, -0.15) is 0 Å². The van der Waals surface area contributed by atoms with E-state index in [4.69, 9.17) is 9.68 Å². The lowest BCUT2D eigenvalue weighted by atomic mass is 9.70. The van der Waals surface area contributed by atoms with Crippen molar-refractivity contribution in [1.82, 2.24) is 0 Å². The number of rotatable bonds is 12. The molecule has 0 aromatic heterocycles. The first-order valence-electron chi connectivity index (χ1n) is 11.1. The van der Waals surface area contributed by atoms with Crippen LogP contribution >= 0.6 is 0 Å². The third-order valence-corrected chi connectivity index (χ3v) is 6.34. The minimum absolute atomic E-state index is 0.0717. The van der Waals surface area contributed by atoms with Crippen LogP contribution in [0.5, 0.6) is 5.75 Å². The summed E-state index contributed by atoms with van der Waals surface area (Å²) < 4.78 is 5.34. The Morgan fingerprint density at radius 3 is 2.07 bits per heavy atom. The van der Waals surface area contributed by atoms with Crippen LogP contribution in [0.15, 0.2) is 42.5 Å². The summed E-state index contributed by atoms with van der Waals surface area (Å²) in [5, 5.41) is 9.13. The Hall–Kier alpha value is -1.74. The van der Waals surface area contributed by atoms with Crippen molar-refractivity contribution in [3.8, 4) is 16.9 Å². The van der Waals surface area contributed by atoms with Gasteiger partial charge >= 0.3 is 7.69 Å². The molecule has 2 aromatic rings. The largest absolute Gasteiger partial charge is 0.569 e. The molecular weight excluding hydrogens is 343 g/mol. The first-order chi connectivity index (χ1) is 13.8. The maximum absolute atomic E-state index is 9.13. The number of hydrogen-bond donors (Lipinski definition) is 1. The van der Waals surface area contributed by atoms with Crippen LogP contribution in [0.25, 0.3) is 11.1 Å². The Bertz CT molecular complexity index is 744. The number of fused-ring (bicyclic) bond motifs is 3. The second-order valence-corrected chi connectivity index (χ2v) is 8.18. The molecule has 1 N–H and O–H groups in total. The lowest BCUT2D eigenvalue weighted by molar-refractivity contribution is 0.399. The molecule has 1 radical (unpaired) electrons. The van der Waals surface area contributed by atoms with E-state index in [2.05, 4.69) is 50.2 Å². The van der Waals surface area contributed by atoms with Crippen molar-refractivity contribution in [2.75, 3.05) is 0 Å². The maximum atomic E-state index is 9.13. The third-order valence-electron chi connectivity index (χ3n) is 6.34. The molecule has 0 saturated carbocycles.